The predicted molar refractivity (Wildman–Crippen MR) is 44.6 cm³/mol. The molecule has 3 heteroatoms. The number of hydrazine groups is 1. The van der Waals surface area contributed by atoms with Crippen molar-refractivity contribution in [1.82, 2.24) is 10.3 Å². The second-order valence-corrected chi connectivity index (χ2v) is 2.68. The molecule has 0 atom stereocenters. The molecule has 3 N–H and O–H groups in total. The van der Waals surface area contributed by atoms with Gasteiger partial charge in [0.2, 0.25) is 0 Å². The van der Waals surface area contributed by atoms with E-state index in [0.717, 1.165) is 19.6 Å². The van der Waals surface area contributed by atoms with E-state index in [1.165, 1.54) is 0 Å². The second kappa shape index (κ2) is 5.65. The fraction of sp³-hybridized carbons (Fsp3) is 1.00. The first kappa shape index (κ1) is 9.88. The molecular weight excluding hydrogens is 126 g/mol. The molecule has 0 radical (unpaired) electrons. The minimum absolute atomic E-state index is 0.623. The zero-order valence-electron chi connectivity index (χ0n) is 7.22. The molecule has 0 amide bonds. The summed E-state index contributed by atoms with van der Waals surface area (Å²) in [7, 11) is 0. The van der Waals surface area contributed by atoms with Gasteiger partial charge in [-0.2, -0.15) is 0 Å². The molecule has 10 heavy (non-hydrogen) atoms. The van der Waals surface area contributed by atoms with E-state index in [9.17, 15) is 0 Å². The Kier molecular flexibility index (Phi) is 5.58. The van der Waals surface area contributed by atoms with Crippen molar-refractivity contribution in [3.05, 3.63) is 0 Å². The van der Waals surface area contributed by atoms with Crippen molar-refractivity contribution in [2.45, 2.75) is 26.8 Å². The highest BCUT2D eigenvalue weighted by molar-refractivity contribution is 4.60. The van der Waals surface area contributed by atoms with Crippen LogP contribution < -0.4 is 11.3 Å². The topological polar surface area (TPSA) is 41.3 Å². The average Bonchev–Trinajstić information content (AvgIpc) is 1.89. The quantitative estimate of drug-likeness (QED) is 0.428. The number of rotatable bonds is 5. The average molecular weight is 145 g/mol. The van der Waals surface area contributed by atoms with Gasteiger partial charge in [0.1, 0.15) is 0 Å². The lowest BCUT2D eigenvalue weighted by Gasteiger charge is -2.24. The molecule has 0 aromatic heterocycles. The smallest absolute Gasteiger partial charge is 0.0225 e. The summed E-state index contributed by atoms with van der Waals surface area (Å²) >= 11 is 0. The summed E-state index contributed by atoms with van der Waals surface area (Å²) in [6.07, 6.45) is 0. The minimum Gasteiger partial charge on any atom is -0.300 e. The van der Waals surface area contributed by atoms with Crippen LogP contribution in [0.4, 0.5) is 0 Å². The Morgan fingerprint density at radius 1 is 1.50 bits per heavy atom. The summed E-state index contributed by atoms with van der Waals surface area (Å²) in [4.78, 5) is 2.36. The maximum atomic E-state index is 5.15. The summed E-state index contributed by atoms with van der Waals surface area (Å²) in [6.45, 7) is 9.55. The molecule has 0 heterocycles. The van der Waals surface area contributed by atoms with Crippen LogP contribution >= 0.6 is 0 Å². The number of hydrogen-bond acceptors (Lipinski definition) is 3. The van der Waals surface area contributed by atoms with Crippen molar-refractivity contribution in [2.75, 3.05) is 19.6 Å². The fourth-order valence-electron chi connectivity index (χ4n) is 0.990. The van der Waals surface area contributed by atoms with Crippen molar-refractivity contribution in [3.8, 4) is 0 Å². The normalized spacial score (nSPS) is 11.4. The third-order valence-corrected chi connectivity index (χ3v) is 1.68. The summed E-state index contributed by atoms with van der Waals surface area (Å²) in [5, 5.41) is 0. The molecule has 0 aliphatic heterocycles. The third kappa shape index (κ3) is 3.82. The van der Waals surface area contributed by atoms with Gasteiger partial charge in [-0.25, -0.2) is 0 Å². The lowest BCUT2D eigenvalue weighted by molar-refractivity contribution is 0.234. The Morgan fingerprint density at radius 3 is 2.40 bits per heavy atom. The molecule has 3 nitrogen and oxygen atoms in total. The maximum absolute atomic E-state index is 5.15. The second-order valence-electron chi connectivity index (χ2n) is 2.68. The summed E-state index contributed by atoms with van der Waals surface area (Å²) < 4.78 is 0. The van der Waals surface area contributed by atoms with Crippen LogP contribution in [0.2, 0.25) is 0 Å². The Hall–Kier alpha value is -0.120. The summed E-state index contributed by atoms with van der Waals surface area (Å²) in [6, 6.07) is 0.623. The van der Waals surface area contributed by atoms with Crippen LogP contribution in [0, 0.1) is 0 Å². The standard InChI is InChI=1S/C7H19N3/c1-4-10(7(2)3)6-5-9-8/h7,9H,4-6,8H2,1-3H3. The molecule has 62 valence electrons. The molecule has 0 rings (SSSR count). The van der Waals surface area contributed by atoms with Gasteiger partial charge in [0.05, 0.1) is 0 Å². The van der Waals surface area contributed by atoms with Crippen LogP contribution in [-0.4, -0.2) is 30.6 Å². The minimum atomic E-state index is 0.623. The first-order valence-corrected chi connectivity index (χ1v) is 3.89. The van der Waals surface area contributed by atoms with E-state index < -0.39 is 0 Å². The fourth-order valence-corrected chi connectivity index (χ4v) is 0.990. The van der Waals surface area contributed by atoms with E-state index >= 15 is 0 Å². The van der Waals surface area contributed by atoms with E-state index in [0.29, 0.717) is 6.04 Å². The lowest BCUT2D eigenvalue weighted by Crippen LogP contribution is -2.38. The summed E-state index contributed by atoms with van der Waals surface area (Å²) in [5.74, 6) is 5.15. The highest BCUT2D eigenvalue weighted by Crippen LogP contribution is 1.94. The molecule has 0 saturated heterocycles. The van der Waals surface area contributed by atoms with Crippen LogP contribution in [0.15, 0.2) is 0 Å². The lowest BCUT2D eigenvalue weighted by atomic mass is 10.3. The van der Waals surface area contributed by atoms with Gasteiger partial charge in [-0.05, 0) is 20.4 Å². The summed E-state index contributed by atoms with van der Waals surface area (Å²) in [5.41, 5.74) is 2.65. The van der Waals surface area contributed by atoms with E-state index in [1.807, 2.05) is 0 Å². The number of nitrogens with two attached hydrogens (primary N) is 1. The molecule has 0 aliphatic carbocycles. The highest BCUT2D eigenvalue weighted by Gasteiger charge is 2.04. The number of nitrogens with zero attached hydrogens (tertiary/aromatic N) is 1. The Labute approximate surface area is 63.5 Å². The first-order valence-electron chi connectivity index (χ1n) is 3.89. The molecule has 0 unspecified atom stereocenters. The molecule has 0 spiro atoms. The zero-order chi connectivity index (χ0) is 7.98. The Morgan fingerprint density at radius 2 is 2.10 bits per heavy atom. The van der Waals surface area contributed by atoms with E-state index in [-0.39, 0.29) is 0 Å². The van der Waals surface area contributed by atoms with Crippen molar-refractivity contribution in [2.24, 2.45) is 5.84 Å². The molecule has 0 saturated carbocycles. The van der Waals surface area contributed by atoms with E-state index in [2.05, 4.69) is 31.1 Å². The van der Waals surface area contributed by atoms with Gasteiger partial charge in [-0.1, -0.05) is 6.92 Å². The Bertz CT molecular complexity index is 73.3. The Balaban J connectivity index is 3.40. The third-order valence-electron chi connectivity index (χ3n) is 1.68. The molecular formula is C7H19N3. The largest absolute Gasteiger partial charge is 0.300 e. The van der Waals surface area contributed by atoms with Gasteiger partial charge in [-0.15, -0.1) is 0 Å². The van der Waals surface area contributed by atoms with Gasteiger partial charge < -0.3 is 0 Å². The van der Waals surface area contributed by atoms with Gasteiger partial charge in [0, 0.05) is 19.1 Å². The van der Waals surface area contributed by atoms with Gasteiger partial charge in [0.15, 0.2) is 0 Å². The van der Waals surface area contributed by atoms with Crippen LogP contribution in [0.1, 0.15) is 20.8 Å². The van der Waals surface area contributed by atoms with Crippen molar-refractivity contribution in [3.63, 3.8) is 0 Å². The van der Waals surface area contributed by atoms with Crippen LogP contribution in [0.5, 0.6) is 0 Å². The van der Waals surface area contributed by atoms with Crippen LogP contribution in [-0.2, 0) is 0 Å². The number of likely N-dealkylation sites (N-methyl/N-ethyl adjacent to an activating group) is 1. The van der Waals surface area contributed by atoms with Crippen molar-refractivity contribution < 1.29 is 0 Å². The predicted octanol–water partition coefficient (Wildman–Crippen LogP) is 0.180. The number of hydrogen-bond donors (Lipinski definition) is 2. The monoisotopic (exact) mass is 145 g/mol. The molecule has 0 fully saturated rings. The SMILES string of the molecule is CCN(CCNN)C(C)C. The van der Waals surface area contributed by atoms with E-state index in [4.69, 9.17) is 5.84 Å². The maximum Gasteiger partial charge on any atom is 0.0225 e. The molecule has 0 aliphatic rings. The first-order chi connectivity index (χ1) is 4.72. The highest BCUT2D eigenvalue weighted by atomic mass is 15.2. The molecule has 0 bridgehead atoms. The van der Waals surface area contributed by atoms with Gasteiger partial charge in [-0.3, -0.25) is 16.2 Å². The number of nitrogens with one attached hydrogen (secondary N) is 1. The van der Waals surface area contributed by atoms with Gasteiger partial charge >= 0.3 is 0 Å². The van der Waals surface area contributed by atoms with Crippen molar-refractivity contribution >= 4 is 0 Å². The van der Waals surface area contributed by atoms with Gasteiger partial charge in [0.25, 0.3) is 0 Å². The molecule has 0 aromatic rings. The van der Waals surface area contributed by atoms with E-state index in [1.54, 1.807) is 0 Å². The van der Waals surface area contributed by atoms with Crippen LogP contribution in [0.3, 0.4) is 0 Å². The zero-order valence-corrected chi connectivity index (χ0v) is 7.22. The van der Waals surface area contributed by atoms with Crippen molar-refractivity contribution in [1.29, 1.82) is 0 Å². The van der Waals surface area contributed by atoms with Crippen LogP contribution in [0.25, 0.3) is 0 Å². The molecule has 0 aromatic carbocycles.